The number of nitrogens with one attached hydrogen (secondary N) is 1. The number of amides is 1. The van der Waals surface area contributed by atoms with Crippen LogP contribution in [0.5, 0.6) is 11.5 Å². The molecule has 0 spiro atoms. The third-order valence-corrected chi connectivity index (χ3v) is 7.53. The molecule has 1 N–H and O–H groups in total. The van der Waals surface area contributed by atoms with E-state index in [0.29, 0.717) is 34.5 Å². The van der Waals surface area contributed by atoms with E-state index in [4.69, 9.17) is 25.5 Å². The van der Waals surface area contributed by atoms with Crippen molar-refractivity contribution in [1.82, 2.24) is 9.99 Å². The summed E-state index contributed by atoms with van der Waals surface area (Å²) in [5, 5.41) is 6.79. The highest BCUT2D eigenvalue weighted by atomic mass is 35.5. The predicted octanol–water partition coefficient (Wildman–Crippen LogP) is 8.42. The van der Waals surface area contributed by atoms with E-state index in [9.17, 15) is 4.79 Å². The molecule has 44 heavy (non-hydrogen) atoms. The minimum atomic E-state index is -0.476. The van der Waals surface area contributed by atoms with E-state index >= 15 is 0 Å². The molecule has 0 fully saturated rings. The summed E-state index contributed by atoms with van der Waals surface area (Å²) in [6.45, 7) is 4.72. The number of carbonyl (C=O) groups excluding carboxylic acids is 1. The molecule has 2 aromatic heterocycles. The van der Waals surface area contributed by atoms with Crippen molar-refractivity contribution in [3.8, 4) is 17.2 Å². The molecule has 220 valence electrons. The fourth-order valence-corrected chi connectivity index (χ4v) is 5.25. The van der Waals surface area contributed by atoms with E-state index in [1.807, 2.05) is 54.6 Å². The van der Waals surface area contributed by atoms with Gasteiger partial charge in [-0.3, -0.25) is 4.79 Å². The number of furan rings is 1. The molecule has 0 saturated carbocycles. The third kappa shape index (κ3) is 6.53. The number of benzene rings is 4. The number of hydrogen-bond donors (Lipinski definition) is 1. The summed E-state index contributed by atoms with van der Waals surface area (Å²) < 4.78 is 19.7. The summed E-state index contributed by atoms with van der Waals surface area (Å²) >= 11 is 6.47. The van der Waals surface area contributed by atoms with Crippen LogP contribution >= 0.6 is 11.6 Å². The highest BCUT2D eigenvalue weighted by Crippen LogP contribution is 2.27. The van der Waals surface area contributed by atoms with Gasteiger partial charge >= 0.3 is 5.91 Å². The monoisotopic (exact) mass is 603 g/mol. The first-order valence-electron chi connectivity index (χ1n) is 14.1. The number of hydrazone groups is 1. The van der Waals surface area contributed by atoms with Crippen molar-refractivity contribution < 1.29 is 18.7 Å². The lowest BCUT2D eigenvalue weighted by atomic mass is 10.1. The molecule has 1 amide bonds. The van der Waals surface area contributed by atoms with Crippen molar-refractivity contribution in [2.75, 3.05) is 0 Å². The molecule has 6 aromatic rings. The maximum absolute atomic E-state index is 12.6. The second kappa shape index (κ2) is 12.9. The molecule has 7 nitrogen and oxygen atoms in total. The Hall–Kier alpha value is -5.27. The average Bonchev–Trinajstić information content (AvgIpc) is 3.66. The second-order valence-corrected chi connectivity index (χ2v) is 10.7. The molecule has 0 bridgehead atoms. The van der Waals surface area contributed by atoms with Crippen LogP contribution in [-0.2, 0) is 13.2 Å². The molecule has 0 saturated heterocycles. The van der Waals surface area contributed by atoms with E-state index in [1.54, 1.807) is 24.3 Å². The summed E-state index contributed by atoms with van der Waals surface area (Å²) in [4.78, 5) is 12.6. The van der Waals surface area contributed by atoms with Gasteiger partial charge in [0.2, 0.25) is 0 Å². The van der Waals surface area contributed by atoms with E-state index in [1.165, 1.54) is 17.6 Å². The minimum absolute atomic E-state index is 0.130. The number of ether oxygens (including phenoxy) is 2. The number of hydrogen-bond acceptors (Lipinski definition) is 5. The zero-order valence-corrected chi connectivity index (χ0v) is 25.0. The molecule has 0 unspecified atom stereocenters. The van der Waals surface area contributed by atoms with Crippen LogP contribution in [0.25, 0.3) is 16.5 Å². The van der Waals surface area contributed by atoms with Crippen LogP contribution in [0.15, 0.2) is 119 Å². The van der Waals surface area contributed by atoms with Gasteiger partial charge < -0.3 is 18.5 Å². The van der Waals surface area contributed by atoms with Crippen LogP contribution in [0, 0.1) is 13.8 Å². The van der Waals surface area contributed by atoms with Gasteiger partial charge in [-0.05, 0) is 102 Å². The molecule has 0 aliphatic carbocycles. The molecule has 2 heterocycles. The van der Waals surface area contributed by atoms with Crippen molar-refractivity contribution in [2.45, 2.75) is 27.1 Å². The Morgan fingerprint density at radius 3 is 2.43 bits per heavy atom. The number of rotatable bonds is 10. The van der Waals surface area contributed by atoms with Crippen LogP contribution in [0.3, 0.4) is 0 Å². The van der Waals surface area contributed by atoms with Crippen LogP contribution in [0.1, 0.15) is 38.8 Å². The maximum Gasteiger partial charge on any atom is 0.307 e. The molecule has 0 aliphatic rings. The number of nitrogens with zero attached hydrogens (tertiary/aromatic N) is 2. The lowest BCUT2D eigenvalue weighted by molar-refractivity contribution is 0.0923. The van der Waals surface area contributed by atoms with Gasteiger partial charge in [-0.15, -0.1) is 0 Å². The SMILES string of the molecule is Cc1ccc(C)n1-c1ccc(OCc2ccc(C(=O)N/N=C/c3ccc(OCc4cccc5ccccc45)c(Cl)c3)o2)cc1. The largest absolute Gasteiger partial charge is 0.487 e. The van der Waals surface area contributed by atoms with Crippen molar-refractivity contribution >= 4 is 34.5 Å². The molecule has 0 atom stereocenters. The first-order chi connectivity index (χ1) is 21.4. The Labute approximate surface area is 260 Å². The molecular formula is C36H30ClN3O4. The topological polar surface area (TPSA) is 78.0 Å². The van der Waals surface area contributed by atoms with Crippen LogP contribution in [0.2, 0.25) is 5.02 Å². The Morgan fingerprint density at radius 2 is 1.64 bits per heavy atom. The van der Waals surface area contributed by atoms with Crippen molar-refractivity contribution in [3.05, 3.63) is 148 Å². The molecular weight excluding hydrogens is 574 g/mol. The molecule has 0 radical (unpaired) electrons. The van der Waals surface area contributed by atoms with Crippen molar-refractivity contribution in [3.63, 3.8) is 0 Å². The summed E-state index contributed by atoms with van der Waals surface area (Å²) in [5.41, 5.74) is 7.66. The molecule has 0 aliphatic heterocycles. The lowest BCUT2D eigenvalue weighted by Crippen LogP contribution is -2.16. The first-order valence-corrected chi connectivity index (χ1v) is 14.5. The van der Waals surface area contributed by atoms with E-state index in [0.717, 1.165) is 22.0 Å². The van der Waals surface area contributed by atoms with Gasteiger partial charge in [0.25, 0.3) is 0 Å². The zero-order chi connectivity index (χ0) is 30.5. The normalized spacial score (nSPS) is 11.2. The first kappa shape index (κ1) is 28.8. The smallest absolute Gasteiger partial charge is 0.307 e. The number of carbonyl (C=O) groups is 1. The Bertz CT molecular complexity index is 1930. The Balaban J connectivity index is 0.996. The number of aromatic nitrogens is 1. The Morgan fingerprint density at radius 1 is 0.864 bits per heavy atom. The quantitative estimate of drug-likeness (QED) is 0.126. The van der Waals surface area contributed by atoms with E-state index in [-0.39, 0.29) is 12.4 Å². The van der Waals surface area contributed by atoms with Gasteiger partial charge in [-0.1, -0.05) is 54.1 Å². The fraction of sp³-hybridized carbons (Fsp3) is 0.111. The zero-order valence-electron chi connectivity index (χ0n) is 24.3. The van der Waals surface area contributed by atoms with Gasteiger partial charge in [0.1, 0.15) is 30.5 Å². The van der Waals surface area contributed by atoms with E-state index < -0.39 is 5.91 Å². The maximum atomic E-state index is 12.6. The van der Waals surface area contributed by atoms with Crippen LogP contribution in [-0.4, -0.2) is 16.7 Å². The summed E-state index contributed by atoms with van der Waals surface area (Å²) in [7, 11) is 0. The van der Waals surface area contributed by atoms with Gasteiger partial charge in [0.15, 0.2) is 5.76 Å². The molecule has 6 rings (SSSR count). The summed E-state index contributed by atoms with van der Waals surface area (Å²) in [5.74, 6) is 1.44. The minimum Gasteiger partial charge on any atom is -0.487 e. The average molecular weight is 604 g/mol. The fourth-order valence-electron chi connectivity index (χ4n) is 5.01. The lowest BCUT2D eigenvalue weighted by Gasteiger charge is -2.11. The number of aryl methyl sites for hydroxylation is 2. The summed E-state index contributed by atoms with van der Waals surface area (Å²) in [6, 6.07) is 35.0. The van der Waals surface area contributed by atoms with Crippen molar-refractivity contribution in [1.29, 1.82) is 0 Å². The highest BCUT2D eigenvalue weighted by molar-refractivity contribution is 6.32. The standard InChI is InChI=1S/C36H30ClN3O4/c1-24-10-11-25(2)40(24)29-13-15-30(16-14-29)42-23-31-17-19-35(44-31)36(41)39-38-21-26-12-18-34(33(37)20-26)43-22-28-8-5-7-27-6-3-4-9-32(27)28/h3-21H,22-23H2,1-2H3,(H,39,41)/b38-21+. The van der Waals surface area contributed by atoms with Gasteiger partial charge in [-0.2, -0.15) is 5.10 Å². The van der Waals surface area contributed by atoms with Gasteiger partial charge in [0, 0.05) is 17.1 Å². The highest BCUT2D eigenvalue weighted by Gasteiger charge is 2.12. The Kier molecular flexibility index (Phi) is 8.48. The van der Waals surface area contributed by atoms with Crippen LogP contribution in [0.4, 0.5) is 0 Å². The van der Waals surface area contributed by atoms with Crippen molar-refractivity contribution in [2.24, 2.45) is 5.10 Å². The van der Waals surface area contributed by atoms with Gasteiger partial charge in [-0.25, -0.2) is 5.43 Å². The van der Waals surface area contributed by atoms with Crippen LogP contribution < -0.4 is 14.9 Å². The number of fused-ring (bicyclic) bond motifs is 1. The van der Waals surface area contributed by atoms with Gasteiger partial charge in [0.05, 0.1) is 11.2 Å². The van der Waals surface area contributed by atoms with E-state index in [2.05, 4.69) is 59.3 Å². The second-order valence-electron chi connectivity index (χ2n) is 10.3. The number of halogens is 1. The molecule has 8 heteroatoms. The summed E-state index contributed by atoms with van der Waals surface area (Å²) in [6.07, 6.45) is 1.51. The molecule has 4 aromatic carbocycles. The third-order valence-electron chi connectivity index (χ3n) is 7.23. The predicted molar refractivity (Wildman–Crippen MR) is 173 cm³/mol.